The van der Waals surface area contributed by atoms with Crippen molar-refractivity contribution in [3.8, 4) is 0 Å². The molecule has 3 aromatic carbocycles. The van der Waals surface area contributed by atoms with Gasteiger partial charge in [0.2, 0.25) is 5.82 Å². The molecule has 150 valence electrons. The van der Waals surface area contributed by atoms with Crippen molar-refractivity contribution in [1.82, 2.24) is 20.2 Å². The van der Waals surface area contributed by atoms with Gasteiger partial charge in [-0.05, 0) is 33.7 Å². The van der Waals surface area contributed by atoms with Gasteiger partial charge in [-0.25, -0.2) is 9.07 Å². The highest BCUT2D eigenvalue weighted by molar-refractivity contribution is 5.28. The summed E-state index contributed by atoms with van der Waals surface area (Å²) in [6, 6.07) is 25.6. The summed E-state index contributed by atoms with van der Waals surface area (Å²) >= 11 is 0. The zero-order valence-corrected chi connectivity index (χ0v) is 16.6. The van der Waals surface area contributed by atoms with Crippen molar-refractivity contribution in [2.45, 2.75) is 25.6 Å². The van der Waals surface area contributed by atoms with Crippen molar-refractivity contribution < 1.29 is 9.29 Å². The molecule has 4 aromatic rings. The number of halogens is 1. The third kappa shape index (κ3) is 3.74. The van der Waals surface area contributed by atoms with Crippen LogP contribution in [0.1, 0.15) is 34.1 Å². The number of benzene rings is 3. The molecule has 0 aliphatic carbocycles. The highest BCUT2D eigenvalue weighted by atomic mass is 19.1. The molecule has 0 radical (unpaired) electrons. The van der Waals surface area contributed by atoms with Crippen LogP contribution in [-0.4, -0.2) is 26.8 Å². The zero-order chi connectivity index (χ0) is 20.3. The Labute approximate surface area is 174 Å². The maximum absolute atomic E-state index is 13.3. The van der Waals surface area contributed by atoms with Gasteiger partial charge >= 0.3 is 0 Å². The van der Waals surface area contributed by atoms with Crippen molar-refractivity contribution in [3.05, 3.63) is 113 Å². The van der Waals surface area contributed by atoms with Crippen LogP contribution < -0.4 is 4.90 Å². The van der Waals surface area contributed by atoms with E-state index in [0.717, 1.165) is 30.9 Å². The number of hydrogen-bond donors (Lipinski definition) is 1. The second-order valence-electron chi connectivity index (χ2n) is 7.77. The summed E-state index contributed by atoms with van der Waals surface area (Å²) in [7, 11) is 0. The van der Waals surface area contributed by atoms with Crippen LogP contribution in [0.15, 0.2) is 78.9 Å². The van der Waals surface area contributed by atoms with Crippen LogP contribution in [0.2, 0.25) is 0 Å². The summed E-state index contributed by atoms with van der Waals surface area (Å²) < 4.78 is 15.2. The molecular formula is C24H23FN5+. The molecule has 1 aromatic heterocycles. The van der Waals surface area contributed by atoms with Crippen molar-refractivity contribution >= 4 is 0 Å². The fourth-order valence-electron chi connectivity index (χ4n) is 4.35. The van der Waals surface area contributed by atoms with Gasteiger partial charge in [-0.2, -0.15) is 0 Å². The van der Waals surface area contributed by atoms with Gasteiger partial charge in [0.05, 0.1) is 13.1 Å². The Hall–Kier alpha value is -3.38. The lowest BCUT2D eigenvalue weighted by Gasteiger charge is -2.32. The molecule has 5 nitrogen and oxygen atoms in total. The summed E-state index contributed by atoms with van der Waals surface area (Å²) in [5.74, 6) is 0.592. The number of quaternary nitrogens is 1. The van der Waals surface area contributed by atoms with Crippen LogP contribution in [-0.2, 0) is 19.5 Å². The molecule has 1 N–H and O–H groups in total. The molecule has 0 bridgehead atoms. The first kappa shape index (κ1) is 18.6. The molecule has 0 spiro atoms. The quantitative estimate of drug-likeness (QED) is 0.560. The van der Waals surface area contributed by atoms with E-state index in [1.807, 2.05) is 10.7 Å². The lowest BCUT2D eigenvalue weighted by molar-refractivity contribution is -0.941. The lowest BCUT2D eigenvalue weighted by atomic mass is 9.96. The van der Waals surface area contributed by atoms with Crippen molar-refractivity contribution in [1.29, 1.82) is 0 Å². The Balaban J connectivity index is 1.51. The van der Waals surface area contributed by atoms with Gasteiger partial charge in [-0.1, -0.05) is 66.7 Å². The lowest BCUT2D eigenvalue weighted by Crippen LogP contribution is -3.12. The zero-order valence-electron chi connectivity index (χ0n) is 16.6. The summed E-state index contributed by atoms with van der Waals surface area (Å²) in [6.07, 6.45) is 1.04. The van der Waals surface area contributed by atoms with E-state index in [9.17, 15) is 4.39 Å². The van der Waals surface area contributed by atoms with Crippen LogP contribution >= 0.6 is 0 Å². The summed E-state index contributed by atoms with van der Waals surface area (Å²) in [6.45, 7) is 2.45. The predicted molar refractivity (Wildman–Crippen MR) is 111 cm³/mol. The highest BCUT2D eigenvalue weighted by Crippen LogP contribution is 2.20. The van der Waals surface area contributed by atoms with E-state index >= 15 is 0 Å². The Morgan fingerprint density at radius 2 is 1.63 bits per heavy atom. The molecule has 1 aliphatic rings. The molecule has 6 heteroatoms. The molecule has 1 unspecified atom stereocenters. The Kier molecular flexibility index (Phi) is 5.07. The summed E-state index contributed by atoms with van der Waals surface area (Å²) in [5, 5.41) is 12.7. The van der Waals surface area contributed by atoms with Gasteiger partial charge in [0.25, 0.3) is 0 Å². The molecule has 0 amide bonds. The number of fused-ring (bicyclic) bond motifs is 1. The topological polar surface area (TPSA) is 48.0 Å². The van der Waals surface area contributed by atoms with E-state index in [1.54, 1.807) is 12.1 Å². The molecule has 1 aliphatic heterocycles. The minimum absolute atomic E-state index is 0.0232. The smallest absolute Gasteiger partial charge is 0.214 e. The van der Waals surface area contributed by atoms with Gasteiger partial charge in [-0.3, -0.25) is 0 Å². The van der Waals surface area contributed by atoms with Gasteiger partial charge in [0.1, 0.15) is 12.4 Å². The third-order valence-electron chi connectivity index (χ3n) is 5.86. The van der Waals surface area contributed by atoms with Crippen LogP contribution in [0, 0.1) is 5.82 Å². The number of nitrogens with zero attached hydrogens (tertiary/aromatic N) is 4. The SMILES string of the molecule is Fc1ccc(Cn2nnnc2[C@@H](c2ccccc2)[NH+]2CCc3ccccc3C2)cc1. The van der Waals surface area contributed by atoms with E-state index in [2.05, 4.69) is 64.1 Å². The average molecular weight is 400 g/mol. The molecule has 2 atom stereocenters. The number of aromatic nitrogens is 4. The van der Waals surface area contributed by atoms with Crippen molar-refractivity contribution in [3.63, 3.8) is 0 Å². The van der Waals surface area contributed by atoms with E-state index in [0.29, 0.717) is 6.54 Å². The maximum Gasteiger partial charge on any atom is 0.214 e. The second-order valence-corrected chi connectivity index (χ2v) is 7.77. The summed E-state index contributed by atoms with van der Waals surface area (Å²) in [5.41, 5.74) is 4.98. The van der Waals surface area contributed by atoms with E-state index in [4.69, 9.17) is 0 Å². The average Bonchev–Trinajstić information content (AvgIpc) is 3.24. The number of rotatable bonds is 5. The molecule has 30 heavy (non-hydrogen) atoms. The fourth-order valence-corrected chi connectivity index (χ4v) is 4.35. The van der Waals surface area contributed by atoms with E-state index < -0.39 is 0 Å². The number of tetrazole rings is 1. The van der Waals surface area contributed by atoms with E-state index in [-0.39, 0.29) is 11.9 Å². The van der Waals surface area contributed by atoms with Crippen LogP contribution in [0.4, 0.5) is 4.39 Å². The van der Waals surface area contributed by atoms with Gasteiger partial charge in [-0.15, -0.1) is 5.10 Å². The van der Waals surface area contributed by atoms with Crippen molar-refractivity contribution in [2.75, 3.05) is 6.54 Å². The third-order valence-corrected chi connectivity index (χ3v) is 5.86. The van der Waals surface area contributed by atoms with Crippen LogP contribution in [0.5, 0.6) is 0 Å². The van der Waals surface area contributed by atoms with Gasteiger partial charge in [0.15, 0.2) is 6.04 Å². The van der Waals surface area contributed by atoms with E-state index in [1.165, 1.54) is 33.7 Å². The fraction of sp³-hybridized carbons (Fsp3) is 0.208. The van der Waals surface area contributed by atoms with Gasteiger partial charge in [0, 0.05) is 17.5 Å². The Morgan fingerprint density at radius 3 is 2.43 bits per heavy atom. The maximum atomic E-state index is 13.3. The first-order chi connectivity index (χ1) is 14.8. The molecule has 0 saturated heterocycles. The first-order valence-corrected chi connectivity index (χ1v) is 10.2. The summed E-state index contributed by atoms with van der Waals surface area (Å²) in [4.78, 5) is 1.43. The Morgan fingerprint density at radius 1 is 0.900 bits per heavy atom. The predicted octanol–water partition coefficient (Wildman–Crippen LogP) is 2.59. The highest BCUT2D eigenvalue weighted by Gasteiger charge is 2.33. The minimum atomic E-state index is -0.241. The largest absolute Gasteiger partial charge is 0.318 e. The van der Waals surface area contributed by atoms with Crippen LogP contribution in [0.25, 0.3) is 0 Å². The van der Waals surface area contributed by atoms with Crippen LogP contribution in [0.3, 0.4) is 0 Å². The standard InChI is InChI=1S/C24H22FN5/c25-22-12-10-18(11-13-22)16-30-24(26-27-28-30)23(20-7-2-1-3-8-20)29-15-14-19-6-4-5-9-21(19)17-29/h1-13,23H,14-17H2/p+1/t23-/m1/s1. The second kappa shape index (κ2) is 8.16. The first-order valence-electron chi connectivity index (χ1n) is 10.2. The number of nitrogens with one attached hydrogen (secondary N) is 1. The molecule has 0 fully saturated rings. The Bertz CT molecular complexity index is 1120. The van der Waals surface area contributed by atoms with Crippen molar-refractivity contribution in [2.24, 2.45) is 0 Å². The monoisotopic (exact) mass is 400 g/mol. The molecular weight excluding hydrogens is 377 g/mol. The van der Waals surface area contributed by atoms with Gasteiger partial charge < -0.3 is 4.90 Å². The number of hydrogen-bond acceptors (Lipinski definition) is 3. The minimum Gasteiger partial charge on any atom is -0.318 e. The normalized spacial score (nSPS) is 16.8. The molecule has 0 saturated carbocycles. The molecule has 2 heterocycles. The molecule has 5 rings (SSSR count).